The molecule has 1 heterocycles. The minimum absolute atomic E-state index is 0.0852. The third-order valence-electron chi connectivity index (χ3n) is 3.59. The topological polar surface area (TPSA) is 78.0 Å². The van der Waals surface area contributed by atoms with Crippen molar-refractivity contribution in [1.82, 2.24) is 9.78 Å². The highest BCUT2D eigenvalue weighted by atomic mass is 32.2. The predicted molar refractivity (Wildman–Crippen MR) is 89.8 cm³/mol. The van der Waals surface area contributed by atoms with Crippen LogP contribution in [0.2, 0.25) is 0 Å². The number of aryl methyl sites for hydroxylation is 2. The van der Waals surface area contributed by atoms with E-state index >= 15 is 0 Å². The number of hydrogen-bond acceptors (Lipinski definition) is 3. The van der Waals surface area contributed by atoms with Gasteiger partial charge < -0.3 is 0 Å². The number of sulfonamides is 1. The number of nitrogens with zero attached hydrogens (tertiary/aromatic N) is 2. The Labute approximate surface area is 135 Å². The first kappa shape index (κ1) is 15.5. The smallest absolute Gasteiger partial charge is 0.233 e. The van der Waals surface area contributed by atoms with Crippen molar-refractivity contribution in [3.8, 4) is 16.9 Å². The Kier molecular flexibility index (Phi) is 3.79. The molecule has 1 aromatic heterocycles. The Morgan fingerprint density at radius 3 is 2.13 bits per heavy atom. The van der Waals surface area contributed by atoms with Crippen molar-refractivity contribution in [2.75, 3.05) is 0 Å². The van der Waals surface area contributed by atoms with Crippen LogP contribution in [0.4, 0.5) is 0 Å². The normalized spacial score (nSPS) is 11.6. The highest BCUT2D eigenvalue weighted by Crippen LogP contribution is 2.24. The summed E-state index contributed by atoms with van der Waals surface area (Å²) in [5, 5.41) is 9.64. The van der Waals surface area contributed by atoms with E-state index in [0.29, 0.717) is 0 Å². The van der Waals surface area contributed by atoms with Crippen LogP contribution in [-0.2, 0) is 10.0 Å². The van der Waals surface area contributed by atoms with Crippen molar-refractivity contribution in [3.05, 3.63) is 65.9 Å². The number of rotatable bonds is 3. The van der Waals surface area contributed by atoms with E-state index in [2.05, 4.69) is 5.10 Å². The third kappa shape index (κ3) is 3.18. The maximum absolute atomic E-state index is 11.4. The summed E-state index contributed by atoms with van der Waals surface area (Å²) in [6, 6.07) is 16.5. The maximum atomic E-state index is 11.4. The number of benzene rings is 2. The molecule has 0 fully saturated rings. The minimum atomic E-state index is -3.69. The average Bonchev–Trinajstić information content (AvgIpc) is 2.89. The lowest BCUT2D eigenvalue weighted by Crippen LogP contribution is -2.12. The van der Waals surface area contributed by atoms with Gasteiger partial charge in [-0.2, -0.15) is 5.10 Å². The van der Waals surface area contributed by atoms with Gasteiger partial charge in [-0.1, -0.05) is 29.8 Å². The largest absolute Gasteiger partial charge is 0.238 e. The molecule has 0 unspecified atom stereocenters. The van der Waals surface area contributed by atoms with Gasteiger partial charge in [0.1, 0.15) is 0 Å². The fourth-order valence-electron chi connectivity index (χ4n) is 2.40. The molecular weight excluding hydrogens is 310 g/mol. The molecule has 23 heavy (non-hydrogen) atoms. The van der Waals surface area contributed by atoms with Gasteiger partial charge in [-0.05, 0) is 44.2 Å². The minimum Gasteiger partial charge on any atom is -0.233 e. The second-order valence-electron chi connectivity index (χ2n) is 5.49. The van der Waals surface area contributed by atoms with Crippen LogP contribution in [0, 0.1) is 13.8 Å². The van der Waals surface area contributed by atoms with Gasteiger partial charge in [-0.25, -0.2) is 18.2 Å². The van der Waals surface area contributed by atoms with Gasteiger partial charge >= 0.3 is 0 Å². The monoisotopic (exact) mass is 327 g/mol. The summed E-state index contributed by atoms with van der Waals surface area (Å²) in [6.45, 7) is 3.96. The molecule has 0 aliphatic carbocycles. The van der Waals surface area contributed by atoms with E-state index in [-0.39, 0.29) is 4.90 Å². The SMILES string of the molecule is Cc1ccc(-c2cc(C)nn2-c2ccc(S(N)(=O)=O)cc2)cc1. The van der Waals surface area contributed by atoms with Crippen LogP contribution in [-0.4, -0.2) is 18.2 Å². The van der Waals surface area contributed by atoms with Crippen molar-refractivity contribution in [3.63, 3.8) is 0 Å². The van der Waals surface area contributed by atoms with Crippen LogP contribution in [0.3, 0.4) is 0 Å². The molecule has 5 nitrogen and oxygen atoms in total. The number of aromatic nitrogens is 2. The summed E-state index contributed by atoms with van der Waals surface area (Å²) in [5.74, 6) is 0. The molecule has 0 aliphatic heterocycles. The first-order chi connectivity index (χ1) is 10.8. The van der Waals surface area contributed by atoms with Crippen molar-refractivity contribution in [2.24, 2.45) is 5.14 Å². The van der Waals surface area contributed by atoms with Gasteiger partial charge in [-0.15, -0.1) is 0 Å². The van der Waals surface area contributed by atoms with Gasteiger partial charge in [0.15, 0.2) is 0 Å². The van der Waals surface area contributed by atoms with E-state index in [1.54, 1.807) is 16.8 Å². The lowest BCUT2D eigenvalue weighted by molar-refractivity contribution is 0.598. The highest BCUT2D eigenvalue weighted by Gasteiger charge is 2.12. The van der Waals surface area contributed by atoms with E-state index in [0.717, 1.165) is 22.6 Å². The quantitative estimate of drug-likeness (QED) is 0.803. The molecule has 3 rings (SSSR count). The van der Waals surface area contributed by atoms with Crippen LogP contribution in [0.1, 0.15) is 11.3 Å². The summed E-state index contributed by atoms with van der Waals surface area (Å²) in [5.41, 5.74) is 4.85. The van der Waals surface area contributed by atoms with E-state index in [1.165, 1.54) is 17.7 Å². The summed E-state index contributed by atoms with van der Waals surface area (Å²) in [4.78, 5) is 0.0852. The Morgan fingerprint density at radius 1 is 0.957 bits per heavy atom. The zero-order chi connectivity index (χ0) is 16.6. The number of hydrogen-bond donors (Lipinski definition) is 1. The molecule has 0 atom stereocenters. The van der Waals surface area contributed by atoms with E-state index < -0.39 is 10.0 Å². The first-order valence-corrected chi connectivity index (χ1v) is 8.66. The van der Waals surface area contributed by atoms with Crippen molar-refractivity contribution in [1.29, 1.82) is 0 Å². The lowest BCUT2D eigenvalue weighted by Gasteiger charge is -2.08. The summed E-state index contributed by atoms with van der Waals surface area (Å²) in [6.07, 6.45) is 0. The molecule has 2 aromatic carbocycles. The molecule has 118 valence electrons. The Hall–Kier alpha value is -2.44. The zero-order valence-electron chi connectivity index (χ0n) is 12.9. The number of nitrogens with two attached hydrogens (primary N) is 1. The zero-order valence-corrected chi connectivity index (χ0v) is 13.7. The summed E-state index contributed by atoms with van der Waals surface area (Å²) in [7, 11) is -3.69. The van der Waals surface area contributed by atoms with Crippen LogP contribution < -0.4 is 5.14 Å². The second-order valence-corrected chi connectivity index (χ2v) is 7.05. The second kappa shape index (κ2) is 5.64. The fourth-order valence-corrected chi connectivity index (χ4v) is 2.92. The van der Waals surface area contributed by atoms with Crippen LogP contribution in [0.15, 0.2) is 59.5 Å². The Morgan fingerprint density at radius 2 is 1.57 bits per heavy atom. The molecule has 0 radical (unpaired) electrons. The molecule has 3 aromatic rings. The van der Waals surface area contributed by atoms with E-state index in [1.807, 2.05) is 44.2 Å². The standard InChI is InChI=1S/C17H17N3O2S/c1-12-3-5-14(6-4-12)17-11-13(2)19-20(17)15-7-9-16(10-8-15)23(18,21)22/h3-11H,1-2H3,(H2,18,21,22). The molecule has 0 saturated carbocycles. The van der Waals surface area contributed by atoms with Gasteiger partial charge in [0.2, 0.25) is 10.0 Å². The summed E-state index contributed by atoms with van der Waals surface area (Å²) >= 11 is 0. The maximum Gasteiger partial charge on any atom is 0.238 e. The van der Waals surface area contributed by atoms with Crippen molar-refractivity contribution >= 4 is 10.0 Å². The molecular formula is C17H17N3O2S. The molecule has 0 aliphatic rings. The lowest BCUT2D eigenvalue weighted by atomic mass is 10.1. The fraction of sp³-hybridized carbons (Fsp3) is 0.118. The van der Waals surface area contributed by atoms with Crippen LogP contribution in [0.5, 0.6) is 0 Å². The molecule has 6 heteroatoms. The summed E-state index contributed by atoms with van der Waals surface area (Å²) < 4.78 is 24.5. The third-order valence-corrected chi connectivity index (χ3v) is 4.52. The molecule has 0 spiro atoms. The molecule has 0 bridgehead atoms. The van der Waals surface area contributed by atoms with Crippen LogP contribution in [0.25, 0.3) is 16.9 Å². The Balaban J connectivity index is 2.09. The van der Waals surface area contributed by atoms with Crippen molar-refractivity contribution < 1.29 is 8.42 Å². The van der Waals surface area contributed by atoms with E-state index in [9.17, 15) is 8.42 Å². The van der Waals surface area contributed by atoms with Crippen molar-refractivity contribution in [2.45, 2.75) is 18.7 Å². The predicted octanol–water partition coefficient (Wildman–Crippen LogP) is 2.80. The highest BCUT2D eigenvalue weighted by molar-refractivity contribution is 7.89. The molecule has 0 saturated heterocycles. The Bertz CT molecular complexity index is 941. The number of primary sulfonamides is 1. The average molecular weight is 327 g/mol. The van der Waals surface area contributed by atoms with Crippen LogP contribution >= 0.6 is 0 Å². The molecule has 0 amide bonds. The van der Waals surface area contributed by atoms with Gasteiger partial charge in [0.25, 0.3) is 0 Å². The van der Waals surface area contributed by atoms with Gasteiger partial charge in [0.05, 0.1) is 22.0 Å². The molecule has 2 N–H and O–H groups in total. The van der Waals surface area contributed by atoms with Gasteiger partial charge in [0, 0.05) is 5.56 Å². The van der Waals surface area contributed by atoms with E-state index in [4.69, 9.17) is 5.14 Å². The van der Waals surface area contributed by atoms with Gasteiger partial charge in [-0.3, -0.25) is 0 Å². The first-order valence-electron chi connectivity index (χ1n) is 7.11.